The van der Waals surface area contributed by atoms with Gasteiger partial charge in [-0.1, -0.05) is 52.9 Å². The largest absolute Gasteiger partial charge is 0.390 e. The van der Waals surface area contributed by atoms with Crippen molar-refractivity contribution in [2.75, 3.05) is 13.6 Å². The molecule has 1 amide bonds. The first-order valence-electron chi connectivity index (χ1n) is 10.1. The van der Waals surface area contributed by atoms with Gasteiger partial charge in [0.2, 0.25) is 0 Å². The van der Waals surface area contributed by atoms with Crippen molar-refractivity contribution in [1.29, 1.82) is 0 Å². The number of aromatic nitrogens is 1. The highest BCUT2D eigenvalue weighted by Crippen LogP contribution is 2.23. The minimum absolute atomic E-state index is 0.0484. The lowest BCUT2D eigenvalue weighted by atomic mass is 9.90. The SMILES string of the molecule is CC(C)CCCC(C)CCCC(C)(O)CCN(C)C(=O)c1cccnc1. The molecule has 2 atom stereocenters. The third-order valence-corrected chi connectivity index (χ3v) is 5.13. The third-order valence-electron chi connectivity index (χ3n) is 5.13. The Bertz CT molecular complexity index is 514. The molecule has 0 saturated heterocycles. The van der Waals surface area contributed by atoms with E-state index in [2.05, 4.69) is 25.8 Å². The Labute approximate surface area is 160 Å². The van der Waals surface area contributed by atoms with Gasteiger partial charge in [0.1, 0.15) is 0 Å². The van der Waals surface area contributed by atoms with Crippen LogP contribution < -0.4 is 0 Å². The molecular formula is C22H38N2O2. The maximum absolute atomic E-state index is 12.3. The fraction of sp³-hybridized carbons (Fsp3) is 0.727. The van der Waals surface area contributed by atoms with Gasteiger partial charge in [0.15, 0.2) is 0 Å². The summed E-state index contributed by atoms with van der Waals surface area (Å²) in [5.74, 6) is 1.46. The molecule has 0 aliphatic rings. The summed E-state index contributed by atoms with van der Waals surface area (Å²) in [4.78, 5) is 18.0. The van der Waals surface area contributed by atoms with Crippen molar-refractivity contribution in [3.8, 4) is 0 Å². The lowest BCUT2D eigenvalue weighted by Crippen LogP contribution is -2.34. The first kappa shape index (κ1) is 22.6. The molecule has 0 aliphatic heterocycles. The van der Waals surface area contributed by atoms with E-state index in [0.717, 1.165) is 24.7 Å². The number of rotatable bonds is 12. The van der Waals surface area contributed by atoms with Crippen LogP contribution in [-0.2, 0) is 0 Å². The third kappa shape index (κ3) is 9.33. The standard InChI is InChI=1S/C22H38N2O2/c1-18(2)9-6-10-19(3)11-7-13-22(4,26)14-16-24(5)21(25)20-12-8-15-23-17-20/h8,12,15,17-19,26H,6-7,9-11,13-14,16H2,1-5H3. The Kier molecular flexibility index (Phi) is 9.85. The van der Waals surface area contributed by atoms with Crippen LogP contribution >= 0.6 is 0 Å². The Morgan fingerprint density at radius 3 is 2.50 bits per heavy atom. The Morgan fingerprint density at radius 2 is 1.88 bits per heavy atom. The predicted octanol–water partition coefficient (Wildman–Crippen LogP) is 4.93. The zero-order chi connectivity index (χ0) is 19.6. The number of hydrogen-bond acceptors (Lipinski definition) is 3. The quantitative estimate of drug-likeness (QED) is 0.574. The molecule has 148 valence electrons. The molecule has 4 heteroatoms. The van der Waals surface area contributed by atoms with Crippen LogP contribution in [0, 0.1) is 11.8 Å². The molecule has 1 aromatic rings. The normalized spacial score (nSPS) is 14.9. The average molecular weight is 363 g/mol. The molecule has 0 aromatic carbocycles. The van der Waals surface area contributed by atoms with E-state index in [4.69, 9.17) is 0 Å². The maximum Gasteiger partial charge on any atom is 0.255 e. The zero-order valence-electron chi connectivity index (χ0n) is 17.4. The van der Waals surface area contributed by atoms with Crippen molar-refractivity contribution < 1.29 is 9.90 Å². The van der Waals surface area contributed by atoms with Gasteiger partial charge in [-0.3, -0.25) is 9.78 Å². The van der Waals surface area contributed by atoms with Gasteiger partial charge in [0.05, 0.1) is 11.2 Å². The number of carbonyl (C=O) groups excluding carboxylic acids is 1. The van der Waals surface area contributed by atoms with Gasteiger partial charge in [0.25, 0.3) is 5.91 Å². The number of aliphatic hydroxyl groups is 1. The summed E-state index contributed by atoms with van der Waals surface area (Å²) in [5, 5.41) is 10.6. The minimum Gasteiger partial charge on any atom is -0.390 e. The number of nitrogens with zero attached hydrogens (tertiary/aromatic N) is 2. The number of amides is 1. The average Bonchev–Trinajstić information content (AvgIpc) is 2.59. The van der Waals surface area contributed by atoms with E-state index in [1.165, 1.54) is 25.7 Å². The summed E-state index contributed by atoms with van der Waals surface area (Å²) >= 11 is 0. The summed E-state index contributed by atoms with van der Waals surface area (Å²) in [6, 6.07) is 3.53. The fourth-order valence-corrected chi connectivity index (χ4v) is 3.20. The van der Waals surface area contributed by atoms with Crippen LogP contribution in [0.4, 0.5) is 0 Å². The second-order valence-electron chi connectivity index (χ2n) is 8.54. The van der Waals surface area contributed by atoms with E-state index in [9.17, 15) is 9.90 Å². The molecule has 0 aliphatic carbocycles. The van der Waals surface area contributed by atoms with Gasteiger partial charge in [-0.25, -0.2) is 0 Å². The monoisotopic (exact) mass is 362 g/mol. The molecule has 0 bridgehead atoms. The fourth-order valence-electron chi connectivity index (χ4n) is 3.20. The topological polar surface area (TPSA) is 53.4 Å². The smallest absolute Gasteiger partial charge is 0.255 e. The molecule has 26 heavy (non-hydrogen) atoms. The van der Waals surface area contributed by atoms with E-state index in [1.807, 2.05) is 6.92 Å². The molecule has 1 heterocycles. The molecular weight excluding hydrogens is 324 g/mol. The van der Waals surface area contributed by atoms with E-state index in [1.54, 1.807) is 36.5 Å². The second-order valence-corrected chi connectivity index (χ2v) is 8.54. The van der Waals surface area contributed by atoms with Gasteiger partial charge in [0, 0.05) is 26.0 Å². The molecule has 1 aromatic heterocycles. The number of pyridine rings is 1. The van der Waals surface area contributed by atoms with Gasteiger partial charge in [-0.15, -0.1) is 0 Å². The van der Waals surface area contributed by atoms with Crippen LogP contribution in [0.25, 0.3) is 0 Å². The van der Waals surface area contributed by atoms with Crippen LogP contribution in [0.3, 0.4) is 0 Å². The molecule has 0 radical (unpaired) electrons. The van der Waals surface area contributed by atoms with Crippen LogP contribution in [0.2, 0.25) is 0 Å². The van der Waals surface area contributed by atoms with Crippen LogP contribution in [-0.4, -0.2) is 40.1 Å². The molecule has 4 nitrogen and oxygen atoms in total. The van der Waals surface area contributed by atoms with E-state index >= 15 is 0 Å². The van der Waals surface area contributed by atoms with E-state index < -0.39 is 5.60 Å². The molecule has 0 saturated carbocycles. The highest BCUT2D eigenvalue weighted by Gasteiger charge is 2.22. The van der Waals surface area contributed by atoms with Crippen molar-refractivity contribution in [1.82, 2.24) is 9.88 Å². The lowest BCUT2D eigenvalue weighted by molar-refractivity contribution is 0.0294. The highest BCUT2D eigenvalue weighted by atomic mass is 16.3. The summed E-state index contributed by atoms with van der Waals surface area (Å²) in [6.45, 7) is 9.30. The van der Waals surface area contributed by atoms with Crippen molar-refractivity contribution in [2.45, 2.75) is 78.2 Å². The Balaban J connectivity index is 2.27. The van der Waals surface area contributed by atoms with Crippen molar-refractivity contribution in [3.63, 3.8) is 0 Å². The zero-order valence-corrected chi connectivity index (χ0v) is 17.4. The Morgan fingerprint density at radius 1 is 1.19 bits per heavy atom. The predicted molar refractivity (Wildman–Crippen MR) is 108 cm³/mol. The van der Waals surface area contributed by atoms with E-state index in [-0.39, 0.29) is 5.91 Å². The van der Waals surface area contributed by atoms with E-state index in [0.29, 0.717) is 18.5 Å². The summed E-state index contributed by atoms with van der Waals surface area (Å²) in [5.41, 5.74) is -0.133. The highest BCUT2D eigenvalue weighted by molar-refractivity contribution is 5.93. The van der Waals surface area contributed by atoms with Crippen molar-refractivity contribution in [3.05, 3.63) is 30.1 Å². The van der Waals surface area contributed by atoms with Crippen molar-refractivity contribution >= 4 is 5.91 Å². The molecule has 1 N–H and O–H groups in total. The summed E-state index contributed by atoms with van der Waals surface area (Å²) in [6.07, 6.45) is 10.7. The Hall–Kier alpha value is -1.42. The minimum atomic E-state index is -0.721. The maximum atomic E-state index is 12.3. The first-order valence-corrected chi connectivity index (χ1v) is 10.1. The molecule has 1 rings (SSSR count). The van der Waals surface area contributed by atoms with Crippen LogP contribution in [0.5, 0.6) is 0 Å². The summed E-state index contributed by atoms with van der Waals surface area (Å²) in [7, 11) is 1.78. The first-order chi connectivity index (χ1) is 12.2. The summed E-state index contributed by atoms with van der Waals surface area (Å²) < 4.78 is 0. The number of hydrogen-bond donors (Lipinski definition) is 1. The number of carbonyl (C=O) groups is 1. The molecule has 0 fully saturated rings. The van der Waals surface area contributed by atoms with Gasteiger partial charge < -0.3 is 10.0 Å². The van der Waals surface area contributed by atoms with Gasteiger partial charge >= 0.3 is 0 Å². The molecule has 2 unspecified atom stereocenters. The van der Waals surface area contributed by atoms with Crippen LogP contribution in [0.1, 0.15) is 83.0 Å². The second kappa shape index (κ2) is 11.3. The lowest BCUT2D eigenvalue weighted by Gasteiger charge is -2.27. The van der Waals surface area contributed by atoms with Crippen LogP contribution in [0.15, 0.2) is 24.5 Å². The van der Waals surface area contributed by atoms with Gasteiger partial charge in [-0.2, -0.15) is 0 Å². The molecule has 0 spiro atoms. The van der Waals surface area contributed by atoms with Crippen molar-refractivity contribution in [2.24, 2.45) is 11.8 Å². The van der Waals surface area contributed by atoms with Gasteiger partial charge in [-0.05, 0) is 43.7 Å².